The van der Waals surface area contributed by atoms with Crippen LogP contribution in [0, 0.1) is 18.8 Å². The van der Waals surface area contributed by atoms with Crippen molar-refractivity contribution in [3.05, 3.63) is 28.4 Å². The van der Waals surface area contributed by atoms with Crippen LogP contribution in [0.25, 0.3) is 12.2 Å². The molecule has 16 heavy (non-hydrogen) atoms. The molecule has 0 bridgehead atoms. The van der Waals surface area contributed by atoms with Gasteiger partial charge in [-0.1, -0.05) is 12.2 Å². The van der Waals surface area contributed by atoms with Gasteiger partial charge in [0.25, 0.3) is 0 Å². The zero-order valence-corrected chi connectivity index (χ0v) is 9.77. The summed E-state index contributed by atoms with van der Waals surface area (Å²) in [5.74, 6) is 1.23. The van der Waals surface area contributed by atoms with Gasteiger partial charge in [-0.2, -0.15) is 0 Å². The van der Waals surface area contributed by atoms with Gasteiger partial charge in [0.15, 0.2) is 0 Å². The number of fused-ring (bicyclic) bond motifs is 2. The summed E-state index contributed by atoms with van der Waals surface area (Å²) in [6.07, 6.45) is 7.86. The molecule has 2 heteroatoms. The van der Waals surface area contributed by atoms with E-state index in [9.17, 15) is 0 Å². The zero-order chi connectivity index (χ0) is 11.1. The van der Waals surface area contributed by atoms with Gasteiger partial charge in [-0.15, -0.1) is 0 Å². The molecule has 2 unspecified atom stereocenters. The van der Waals surface area contributed by atoms with Gasteiger partial charge < -0.3 is 0 Å². The van der Waals surface area contributed by atoms with E-state index >= 15 is 0 Å². The molecule has 1 aromatic heterocycles. The van der Waals surface area contributed by atoms with Crippen molar-refractivity contribution in [1.82, 2.24) is 4.98 Å². The van der Waals surface area contributed by atoms with E-state index in [1.807, 2.05) is 13.1 Å². The fourth-order valence-corrected chi connectivity index (χ4v) is 2.65. The minimum Gasteiger partial charge on any atom is -0.294 e. The first kappa shape index (κ1) is 9.76. The van der Waals surface area contributed by atoms with Crippen LogP contribution in [0.1, 0.15) is 19.0 Å². The Bertz CT molecular complexity index is 569. The highest BCUT2D eigenvalue weighted by Crippen LogP contribution is 2.25. The van der Waals surface area contributed by atoms with E-state index in [1.165, 1.54) is 16.1 Å². The summed E-state index contributed by atoms with van der Waals surface area (Å²) in [4.78, 5) is 8.93. The topological polar surface area (TPSA) is 25.2 Å². The zero-order valence-electron chi connectivity index (χ0n) is 9.77. The molecule has 3 rings (SSSR count). The monoisotopic (exact) mass is 212 g/mol. The Morgan fingerprint density at radius 3 is 2.81 bits per heavy atom. The minimum absolute atomic E-state index is 0.595. The predicted molar refractivity (Wildman–Crippen MR) is 66.7 cm³/mol. The maximum atomic E-state index is 4.56. The second kappa shape index (κ2) is 3.55. The van der Waals surface area contributed by atoms with Crippen LogP contribution in [0.15, 0.2) is 17.3 Å². The Morgan fingerprint density at radius 1 is 1.12 bits per heavy atom. The van der Waals surface area contributed by atoms with Crippen molar-refractivity contribution in [2.75, 3.05) is 6.54 Å². The third kappa shape index (κ3) is 1.58. The molecule has 0 amide bonds. The van der Waals surface area contributed by atoms with Crippen LogP contribution in [-0.2, 0) is 0 Å². The summed E-state index contributed by atoms with van der Waals surface area (Å²) in [5, 5.41) is 2.63. The highest BCUT2D eigenvalue weighted by molar-refractivity contribution is 5.84. The van der Waals surface area contributed by atoms with Crippen LogP contribution in [0.5, 0.6) is 0 Å². The molecule has 0 saturated carbocycles. The molecular weight excluding hydrogens is 196 g/mol. The minimum atomic E-state index is 0.595. The third-order valence-corrected chi connectivity index (χ3v) is 3.55. The van der Waals surface area contributed by atoms with E-state index < -0.39 is 0 Å². The lowest BCUT2D eigenvalue weighted by molar-refractivity contribution is 0.519. The highest BCUT2D eigenvalue weighted by atomic mass is 14.8. The molecule has 2 heterocycles. The van der Waals surface area contributed by atoms with Crippen molar-refractivity contribution >= 4 is 17.9 Å². The second-order valence-corrected chi connectivity index (χ2v) is 4.90. The number of rotatable bonds is 0. The van der Waals surface area contributed by atoms with Crippen molar-refractivity contribution < 1.29 is 0 Å². The van der Waals surface area contributed by atoms with E-state index in [0.717, 1.165) is 18.7 Å². The number of aliphatic imine (C=N–C) groups is 1. The molecule has 1 aliphatic carbocycles. The Hall–Kier alpha value is -1.44. The van der Waals surface area contributed by atoms with E-state index in [-0.39, 0.29) is 0 Å². The number of hydrogen-bond acceptors (Lipinski definition) is 2. The summed E-state index contributed by atoms with van der Waals surface area (Å²) in [6, 6.07) is 2.17. The molecule has 0 spiro atoms. The molecule has 0 N–H and O–H groups in total. The summed E-state index contributed by atoms with van der Waals surface area (Å²) in [7, 11) is 0. The largest absolute Gasteiger partial charge is 0.294 e. The molecule has 1 aromatic rings. The molecule has 0 radical (unpaired) electrons. The number of nitrogens with zero attached hydrogens (tertiary/aromatic N) is 2. The van der Waals surface area contributed by atoms with Gasteiger partial charge >= 0.3 is 0 Å². The average Bonchev–Trinajstić information content (AvgIpc) is 2.26. The summed E-state index contributed by atoms with van der Waals surface area (Å²) in [6.45, 7) is 5.13. The highest BCUT2D eigenvalue weighted by Gasteiger charge is 2.23. The van der Waals surface area contributed by atoms with Gasteiger partial charge in [0.2, 0.25) is 0 Å². The van der Waals surface area contributed by atoms with Crippen LogP contribution in [0.2, 0.25) is 0 Å². The van der Waals surface area contributed by atoms with Crippen LogP contribution in [0.3, 0.4) is 0 Å². The molecule has 0 saturated heterocycles. The number of pyridine rings is 1. The quantitative estimate of drug-likeness (QED) is 0.631. The Kier molecular flexibility index (Phi) is 2.16. The van der Waals surface area contributed by atoms with Crippen molar-refractivity contribution in [3.63, 3.8) is 0 Å². The SMILES string of the molecule is CC1=NCC2C=c3cc(C)ncc3=CC2C1. The second-order valence-electron chi connectivity index (χ2n) is 4.90. The first-order chi connectivity index (χ1) is 7.72. The van der Waals surface area contributed by atoms with Crippen LogP contribution < -0.4 is 10.4 Å². The molecule has 82 valence electrons. The first-order valence-electron chi connectivity index (χ1n) is 5.89. The van der Waals surface area contributed by atoms with E-state index in [4.69, 9.17) is 0 Å². The van der Waals surface area contributed by atoms with E-state index in [2.05, 4.69) is 35.1 Å². The lowest BCUT2D eigenvalue weighted by Crippen LogP contribution is -2.36. The van der Waals surface area contributed by atoms with Gasteiger partial charge in [-0.05, 0) is 42.7 Å². The number of aryl methyl sites for hydroxylation is 1. The van der Waals surface area contributed by atoms with Crippen LogP contribution in [0.4, 0.5) is 0 Å². The molecule has 1 aliphatic heterocycles. The van der Waals surface area contributed by atoms with E-state index in [1.54, 1.807) is 0 Å². The van der Waals surface area contributed by atoms with E-state index in [0.29, 0.717) is 11.8 Å². The first-order valence-corrected chi connectivity index (χ1v) is 5.89. The average molecular weight is 212 g/mol. The molecule has 0 fully saturated rings. The Labute approximate surface area is 95.4 Å². The van der Waals surface area contributed by atoms with Crippen LogP contribution >= 0.6 is 0 Å². The summed E-state index contributed by atoms with van der Waals surface area (Å²) < 4.78 is 0. The van der Waals surface area contributed by atoms with Crippen molar-refractivity contribution in [1.29, 1.82) is 0 Å². The number of aromatic nitrogens is 1. The van der Waals surface area contributed by atoms with Crippen LogP contribution in [-0.4, -0.2) is 17.2 Å². The standard InChI is InChI=1S/C14H16N2/c1-9-3-11-5-14-8-16-10(2)4-12(14)6-13(11)7-15-9/h3,5-7,12,14H,4,8H2,1-2H3. The Morgan fingerprint density at radius 2 is 1.94 bits per heavy atom. The lowest BCUT2D eigenvalue weighted by atomic mass is 9.81. The van der Waals surface area contributed by atoms with Gasteiger partial charge in [0, 0.05) is 30.1 Å². The summed E-state index contributed by atoms with van der Waals surface area (Å²) in [5.41, 5.74) is 2.38. The molecule has 2 nitrogen and oxygen atoms in total. The molecule has 0 aromatic carbocycles. The normalized spacial score (nSPS) is 27.0. The summed E-state index contributed by atoms with van der Waals surface area (Å²) >= 11 is 0. The van der Waals surface area contributed by atoms with Crippen molar-refractivity contribution in [2.24, 2.45) is 16.8 Å². The molecule has 2 aliphatic rings. The lowest BCUT2D eigenvalue weighted by Gasteiger charge is -2.27. The van der Waals surface area contributed by atoms with Gasteiger partial charge in [-0.3, -0.25) is 9.98 Å². The fraction of sp³-hybridized carbons (Fsp3) is 0.429. The smallest absolute Gasteiger partial charge is 0.0457 e. The molecule has 2 atom stereocenters. The maximum Gasteiger partial charge on any atom is 0.0457 e. The van der Waals surface area contributed by atoms with Crippen molar-refractivity contribution in [2.45, 2.75) is 20.3 Å². The Balaban J connectivity index is 2.13. The predicted octanol–water partition coefficient (Wildman–Crippen LogP) is 1.06. The molecular formula is C14H16N2. The maximum absolute atomic E-state index is 4.56. The van der Waals surface area contributed by atoms with Gasteiger partial charge in [0.1, 0.15) is 0 Å². The number of hydrogen-bond donors (Lipinski definition) is 0. The van der Waals surface area contributed by atoms with Gasteiger partial charge in [-0.25, -0.2) is 0 Å². The fourth-order valence-electron chi connectivity index (χ4n) is 2.65. The van der Waals surface area contributed by atoms with Gasteiger partial charge in [0.05, 0.1) is 0 Å². The third-order valence-electron chi connectivity index (χ3n) is 3.55. The van der Waals surface area contributed by atoms with Crippen molar-refractivity contribution in [3.8, 4) is 0 Å².